The van der Waals surface area contributed by atoms with Crippen molar-refractivity contribution >= 4 is 5.97 Å². The van der Waals surface area contributed by atoms with Gasteiger partial charge < -0.3 is 14.6 Å². The van der Waals surface area contributed by atoms with Gasteiger partial charge in [-0.3, -0.25) is 0 Å². The lowest BCUT2D eigenvalue weighted by Gasteiger charge is -2.08. The number of hydrogen-bond acceptors (Lipinski definition) is 3. The zero-order valence-electron chi connectivity index (χ0n) is 10.3. The third-order valence-corrected chi connectivity index (χ3v) is 2.93. The molecule has 0 aromatic heterocycles. The van der Waals surface area contributed by atoms with Gasteiger partial charge in [-0.05, 0) is 23.6 Å². The van der Waals surface area contributed by atoms with Crippen molar-refractivity contribution in [1.29, 1.82) is 0 Å². The smallest absolute Gasteiger partial charge is 0.345 e. The molecule has 2 rings (SSSR count). The Hall–Kier alpha value is -1.97. The number of carboxylic acid groups (broad SMARTS) is 1. The van der Waals surface area contributed by atoms with Gasteiger partial charge >= 0.3 is 5.97 Å². The molecule has 0 spiro atoms. The van der Waals surface area contributed by atoms with Gasteiger partial charge in [-0.2, -0.15) is 0 Å². The minimum Gasteiger partial charge on any atom is -0.489 e. The van der Waals surface area contributed by atoms with E-state index in [1.165, 1.54) is 0 Å². The van der Waals surface area contributed by atoms with Crippen LogP contribution in [0, 0.1) is 0 Å². The van der Waals surface area contributed by atoms with E-state index in [0.717, 1.165) is 17.6 Å². The van der Waals surface area contributed by atoms with Crippen molar-refractivity contribution in [2.45, 2.75) is 25.9 Å². The Bertz CT molecular complexity index is 479. The molecule has 1 aliphatic heterocycles. The van der Waals surface area contributed by atoms with Crippen LogP contribution in [0.1, 0.15) is 18.9 Å². The fourth-order valence-corrected chi connectivity index (χ4v) is 1.72. The molecule has 4 heteroatoms. The number of aliphatic carboxylic acids is 1. The quantitative estimate of drug-likeness (QED) is 0.813. The normalized spacial score (nSPS) is 16.8. The van der Waals surface area contributed by atoms with E-state index in [1.807, 2.05) is 19.1 Å². The van der Waals surface area contributed by atoms with E-state index in [4.69, 9.17) is 14.6 Å². The molecule has 4 nitrogen and oxygen atoms in total. The molecule has 0 amide bonds. The topological polar surface area (TPSA) is 55.8 Å². The summed E-state index contributed by atoms with van der Waals surface area (Å²) < 4.78 is 10.9. The highest BCUT2D eigenvalue weighted by Crippen LogP contribution is 2.32. The van der Waals surface area contributed by atoms with Crippen LogP contribution in [0.25, 0.3) is 0 Å². The Morgan fingerprint density at radius 2 is 2.39 bits per heavy atom. The van der Waals surface area contributed by atoms with Gasteiger partial charge in [-0.1, -0.05) is 19.6 Å². The van der Waals surface area contributed by atoms with Crippen LogP contribution < -0.4 is 9.47 Å². The SMILES string of the molecule is C=C(CC)COc1ccc2c(c1)OC(C(=O)O)C2. The Balaban J connectivity index is 2.04. The maximum atomic E-state index is 10.8. The zero-order valence-corrected chi connectivity index (χ0v) is 10.3. The van der Waals surface area contributed by atoms with Crippen LogP contribution in [0.2, 0.25) is 0 Å². The highest BCUT2D eigenvalue weighted by molar-refractivity contribution is 5.74. The van der Waals surface area contributed by atoms with Crippen molar-refractivity contribution in [3.8, 4) is 11.5 Å². The molecule has 0 saturated heterocycles. The number of fused-ring (bicyclic) bond motifs is 1. The molecule has 0 fully saturated rings. The van der Waals surface area contributed by atoms with Gasteiger partial charge in [0.2, 0.25) is 0 Å². The van der Waals surface area contributed by atoms with E-state index >= 15 is 0 Å². The molecule has 1 atom stereocenters. The van der Waals surface area contributed by atoms with Gasteiger partial charge in [0.1, 0.15) is 18.1 Å². The lowest BCUT2D eigenvalue weighted by Crippen LogP contribution is -2.24. The third kappa shape index (κ3) is 2.64. The first-order valence-electron chi connectivity index (χ1n) is 5.92. The first kappa shape index (κ1) is 12.5. The first-order chi connectivity index (χ1) is 8.60. The number of rotatable bonds is 5. The van der Waals surface area contributed by atoms with Crippen molar-refractivity contribution in [2.24, 2.45) is 0 Å². The summed E-state index contributed by atoms with van der Waals surface area (Å²) in [5.41, 5.74) is 1.92. The van der Waals surface area contributed by atoms with E-state index in [0.29, 0.717) is 24.5 Å². The summed E-state index contributed by atoms with van der Waals surface area (Å²) >= 11 is 0. The molecule has 1 aliphatic rings. The molecular formula is C14H16O4. The maximum Gasteiger partial charge on any atom is 0.345 e. The highest BCUT2D eigenvalue weighted by atomic mass is 16.5. The molecule has 1 heterocycles. The van der Waals surface area contributed by atoms with Crippen LogP contribution in [0.5, 0.6) is 11.5 Å². The van der Waals surface area contributed by atoms with Gasteiger partial charge in [0.15, 0.2) is 6.10 Å². The summed E-state index contributed by atoms with van der Waals surface area (Å²) in [7, 11) is 0. The van der Waals surface area contributed by atoms with E-state index in [2.05, 4.69) is 6.58 Å². The molecule has 18 heavy (non-hydrogen) atoms. The Labute approximate surface area is 106 Å². The van der Waals surface area contributed by atoms with Crippen molar-refractivity contribution in [3.05, 3.63) is 35.9 Å². The molecule has 1 aromatic rings. The Morgan fingerprint density at radius 1 is 1.61 bits per heavy atom. The molecule has 0 saturated carbocycles. The van der Waals surface area contributed by atoms with Crippen LogP contribution >= 0.6 is 0 Å². The number of benzene rings is 1. The number of carbonyl (C=O) groups is 1. The lowest BCUT2D eigenvalue weighted by molar-refractivity contribution is -0.144. The van der Waals surface area contributed by atoms with Crippen molar-refractivity contribution in [1.82, 2.24) is 0 Å². The predicted molar refractivity (Wildman–Crippen MR) is 67.1 cm³/mol. The number of hydrogen-bond donors (Lipinski definition) is 1. The van der Waals surface area contributed by atoms with Gasteiger partial charge in [0.25, 0.3) is 0 Å². The largest absolute Gasteiger partial charge is 0.489 e. The summed E-state index contributed by atoms with van der Waals surface area (Å²) in [6.07, 6.45) is 0.510. The van der Waals surface area contributed by atoms with Crippen LogP contribution in [-0.2, 0) is 11.2 Å². The molecule has 0 aliphatic carbocycles. The van der Waals surface area contributed by atoms with Crippen molar-refractivity contribution < 1.29 is 19.4 Å². The summed E-state index contributed by atoms with van der Waals surface area (Å²) in [6.45, 7) is 6.35. The standard InChI is InChI=1S/C14H16O4/c1-3-9(2)8-17-11-5-4-10-6-13(14(15)16)18-12(10)7-11/h4-5,7,13H,2-3,6,8H2,1H3,(H,15,16). The van der Waals surface area contributed by atoms with E-state index < -0.39 is 12.1 Å². The fraction of sp³-hybridized carbons (Fsp3) is 0.357. The van der Waals surface area contributed by atoms with Crippen molar-refractivity contribution in [2.75, 3.05) is 6.61 Å². The van der Waals surface area contributed by atoms with E-state index in [9.17, 15) is 4.79 Å². The fourth-order valence-electron chi connectivity index (χ4n) is 1.72. The Kier molecular flexibility index (Phi) is 3.55. The summed E-state index contributed by atoms with van der Waals surface area (Å²) in [5, 5.41) is 8.89. The second-order valence-corrected chi connectivity index (χ2v) is 4.31. The Morgan fingerprint density at radius 3 is 3.06 bits per heavy atom. The second kappa shape index (κ2) is 5.12. The van der Waals surface area contributed by atoms with Gasteiger partial charge in [-0.15, -0.1) is 0 Å². The molecule has 0 radical (unpaired) electrons. The molecular weight excluding hydrogens is 232 g/mol. The predicted octanol–water partition coefficient (Wildman–Crippen LogP) is 2.42. The number of ether oxygens (including phenoxy) is 2. The molecule has 0 bridgehead atoms. The van der Waals surface area contributed by atoms with Gasteiger partial charge in [0, 0.05) is 12.5 Å². The van der Waals surface area contributed by atoms with Gasteiger partial charge in [0.05, 0.1) is 0 Å². The highest BCUT2D eigenvalue weighted by Gasteiger charge is 2.28. The monoisotopic (exact) mass is 248 g/mol. The minimum atomic E-state index is -0.937. The summed E-state index contributed by atoms with van der Waals surface area (Å²) in [6, 6.07) is 5.42. The molecule has 96 valence electrons. The molecule has 1 unspecified atom stereocenters. The lowest BCUT2D eigenvalue weighted by atomic mass is 10.1. The second-order valence-electron chi connectivity index (χ2n) is 4.31. The maximum absolute atomic E-state index is 10.8. The minimum absolute atomic E-state index is 0.409. The van der Waals surface area contributed by atoms with Crippen LogP contribution in [-0.4, -0.2) is 23.8 Å². The van der Waals surface area contributed by atoms with Crippen molar-refractivity contribution in [3.63, 3.8) is 0 Å². The van der Waals surface area contributed by atoms with Crippen LogP contribution in [0.4, 0.5) is 0 Å². The first-order valence-corrected chi connectivity index (χ1v) is 5.92. The zero-order chi connectivity index (χ0) is 13.1. The average molecular weight is 248 g/mol. The summed E-state index contributed by atoms with van der Waals surface area (Å²) in [5.74, 6) is 0.337. The molecule has 1 N–H and O–H groups in total. The van der Waals surface area contributed by atoms with Crippen LogP contribution in [0.15, 0.2) is 30.4 Å². The third-order valence-electron chi connectivity index (χ3n) is 2.93. The number of carboxylic acids is 1. The van der Waals surface area contributed by atoms with E-state index in [1.54, 1.807) is 6.07 Å². The summed E-state index contributed by atoms with van der Waals surface area (Å²) in [4.78, 5) is 10.8. The average Bonchev–Trinajstić information content (AvgIpc) is 2.79. The van der Waals surface area contributed by atoms with E-state index in [-0.39, 0.29) is 0 Å². The van der Waals surface area contributed by atoms with Gasteiger partial charge in [-0.25, -0.2) is 4.79 Å². The molecule has 1 aromatic carbocycles. The van der Waals surface area contributed by atoms with Crippen LogP contribution in [0.3, 0.4) is 0 Å².